The molecule has 11 heteroatoms. The molecule has 1 aromatic heterocycles. The van der Waals surface area contributed by atoms with Crippen LogP contribution in [0.1, 0.15) is 12.0 Å². The van der Waals surface area contributed by atoms with Crippen LogP contribution in [0.2, 0.25) is 5.02 Å². The number of aryl methyl sites for hydroxylation is 1. The van der Waals surface area contributed by atoms with Crippen molar-refractivity contribution >= 4 is 51.5 Å². The first-order chi connectivity index (χ1) is 15.3. The van der Waals surface area contributed by atoms with E-state index in [1.165, 1.54) is 16.7 Å². The predicted molar refractivity (Wildman–Crippen MR) is 125 cm³/mol. The molecule has 0 aliphatic heterocycles. The molecule has 1 amide bonds. The molecule has 0 bridgehead atoms. The lowest BCUT2D eigenvalue weighted by Gasteiger charge is -2.13. The second kappa shape index (κ2) is 10.6. The second-order valence-corrected chi connectivity index (χ2v) is 8.35. The summed E-state index contributed by atoms with van der Waals surface area (Å²) < 4.78 is 6.57. The van der Waals surface area contributed by atoms with E-state index in [2.05, 4.69) is 10.3 Å². The lowest BCUT2D eigenvalue weighted by atomic mass is 10.2. The molecule has 0 aliphatic carbocycles. The molecule has 0 spiro atoms. The molecule has 3 rings (SSSR count). The van der Waals surface area contributed by atoms with Crippen LogP contribution in [0.25, 0.3) is 10.9 Å². The van der Waals surface area contributed by atoms with Crippen LogP contribution in [0.3, 0.4) is 0 Å². The SMILES string of the molecule is COCCCn1c(SCC(=O)Nc2ccc(C)cc2[N+](=O)[O-])nc2cc(Cl)ccc2c1=O. The minimum absolute atomic E-state index is 0.0895. The molecule has 1 heterocycles. The molecular weight excluding hydrogens is 456 g/mol. The van der Waals surface area contributed by atoms with Crippen molar-refractivity contribution in [1.29, 1.82) is 0 Å². The molecule has 0 saturated carbocycles. The number of amides is 1. The number of methoxy groups -OCH3 is 1. The number of fused-ring (bicyclic) bond motifs is 1. The number of carbonyl (C=O) groups is 1. The summed E-state index contributed by atoms with van der Waals surface area (Å²) in [7, 11) is 1.58. The smallest absolute Gasteiger partial charge is 0.293 e. The van der Waals surface area contributed by atoms with Crippen LogP contribution in [-0.4, -0.2) is 39.9 Å². The van der Waals surface area contributed by atoms with Gasteiger partial charge in [0.25, 0.3) is 11.2 Å². The molecule has 9 nitrogen and oxygen atoms in total. The van der Waals surface area contributed by atoms with E-state index in [4.69, 9.17) is 16.3 Å². The number of nitro groups is 1. The maximum absolute atomic E-state index is 13.0. The highest BCUT2D eigenvalue weighted by atomic mass is 35.5. The summed E-state index contributed by atoms with van der Waals surface area (Å²) in [5.41, 5.74) is 0.839. The van der Waals surface area contributed by atoms with Crippen molar-refractivity contribution < 1.29 is 14.5 Å². The Kier molecular flexibility index (Phi) is 7.84. The zero-order valence-corrected chi connectivity index (χ0v) is 19.0. The third kappa shape index (κ3) is 5.64. The number of nitrogens with zero attached hydrogens (tertiary/aromatic N) is 3. The Morgan fingerprint density at radius 1 is 1.31 bits per heavy atom. The minimum atomic E-state index is -0.544. The Labute approximate surface area is 192 Å². The van der Waals surface area contributed by atoms with Gasteiger partial charge in [-0.25, -0.2) is 4.98 Å². The van der Waals surface area contributed by atoms with Gasteiger partial charge in [0.15, 0.2) is 5.16 Å². The van der Waals surface area contributed by atoms with Gasteiger partial charge in [0, 0.05) is 31.4 Å². The standard InChI is InChI=1S/C21H21ClN4O5S/c1-13-4-7-16(18(10-13)26(29)30)23-19(27)12-32-21-24-17-11-14(22)5-6-15(17)20(28)25(21)8-3-9-31-2/h4-7,10-11H,3,8-9,12H2,1-2H3,(H,23,27). The Hall–Kier alpha value is -2.95. The number of halogens is 1. The third-order valence-corrected chi connectivity index (χ3v) is 5.78. The average molecular weight is 477 g/mol. The van der Waals surface area contributed by atoms with Gasteiger partial charge in [-0.05, 0) is 43.2 Å². The van der Waals surface area contributed by atoms with E-state index in [1.807, 2.05) is 0 Å². The van der Waals surface area contributed by atoms with E-state index in [9.17, 15) is 19.7 Å². The highest BCUT2D eigenvalue weighted by Crippen LogP contribution is 2.26. The van der Waals surface area contributed by atoms with E-state index >= 15 is 0 Å². The fourth-order valence-electron chi connectivity index (χ4n) is 3.06. The minimum Gasteiger partial charge on any atom is -0.385 e. The molecule has 0 saturated heterocycles. The molecule has 32 heavy (non-hydrogen) atoms. The summed E-state index contributed by atoms with van der Waals surface area (Å²) in [6.45, 7) is 2.56. The van der Waals surface area contributed by atoms with Crippen LogP contribution in [0.4, 0.5) is 11.4 Å². The summed E-state index contributed by atoms with van der Waals surface area (Å²) in [6, 6.07) is 9.41. The first-order valence-electron chi connectivity index (χ1n) is 9.67. The van der Waals surface area contributed by atoms with Crippen LogP contribution in [0.5, 0.6) is 0 Å². The van der Waals surface area contributed by atoms with Crippen LogP contribution in [-0.2, 0) is 16.1 Å². The van der Waals surface area contributed by atoms with E-state index in [0.717, 1.165) is 11.8 Å². The number of hydrogen-bond acceptors (Lipinski definition) is 7. The number of carbonyl (C=O) groups excluding carboxylic acids is 1. The van der Waals surface area contributed by atoms with Crippen molar-refractivity contribution in [3.63, 3.8) is 0 Å². The van der Waals surface area contributed by atoms with Gasteiger partial charge in [-0.3, -0.25) is 24.3 Å². The lowest BCUT2D eigenvalue weighted by molar-refractivity contribution is -0.384. The quantitative estimate of drug-likeness (QED) is 0.163. The van der Waals surface area contributed by atoms with Crippen molar-refractivity contribution in [3.05, 3.63) is 67.5 Å². The molecule has 0 fully saturated rings. The topological polar surface area (TPSA) is 116 Å². The normalized spacial score (nSPS) is 11.0. The maximum Gasteiger partial charge on any atom is 0.293 e. The number of rotatable bonds is 9. The summed E-state index contributed by atoms with van der Waals surface area (Å²) in [4.78, 5) is 40.8. The summed E-state index contributed by atoms with van der Waals surface area (Å²) in [5.74, 6) is -0.542. The maximum atomic E-state index is 13.0. The van der Waals surface area contributed by atoms with Gasteiger partial charge in [-0.1, -0.05) is 29.4 Å². The van der Waals surface area contributed by atoms with Gasteiger partial charge in [0.05, 0.1) is 21.6 Å². The monoisotopic (exact) mass is 476 g/mol. The first kappa shape index (κ1) is 23.7. The fourth-order valence-corrected chi connectivity index (χ4v) is 4.05. The van der Waals surface area contributed by atoms with Gasteiger partial charge in [-0.15, -0.1) is 0 Å². The van der Waals surface area contributed by atoms with Crippen molar-refractivity contribution in [2.75, 3.05) is 24.8 Å². The summed E-state index contributed by atoms with van der Waals surface area (Å²) in [5, 5.41) is 15.1. The number of thioether (sulfide) groups is 1. The molecule has 1 N–H and O–H groups in total. The Bertz CT molecular complexity index is 1230. The molecular formula is C21H21ClN4O5S. The van der Waals surface area contributed by atoms with Crippen molar-refractivity contribution in [1.82, 2.24) is 9.55 Å². The Morgan fingerprint density at radius 2 is 2.09 bits per heavy atom. The molecule has 0 unspecified atom stereocenters. The lowest BCUT2D eigenvalue weighted by Crippen LogP contribution is -2.25. The molecule has 0 radical (unpaired) electrons. The summed E-state index contributed by atoms with van der Waals surface area (Å²) >= 11 is 7.11. The van der Waals surface area contributed by atoms with E-state index in [-0.39, 0.29) is 22.7 Å². The van der Waals surface area contributed by atoms with Crippen LogP contribution in [0.15, 0.2) is 46.3 Å². The van der Waals surface area contributed by atoms with Crippen molar-refractivity contribution in [3.8, 4) is 0 Å². The van der Waals surface area contributed by atoms with Crippen LogP contribution in [0, 0.1) is 17.0 Å². The Morgan fingerprint density at radius 3 is 2.81 bits per heavy atom. The third-order valence-electron chi connectivity index (χ3n) is 4.57. The number of aromatic nitrogens is 2. The zero-order chi connectivity index (χ0) is 23.3. The fraction of sp³-hybridized carbons (Fsp3) is 0.286. The predicted octanol–water partition coefficient (Wildman–Crippen LogP) is 4.03. The van der Waals surface area contributed by atoms with E-state index < -0.39 is 10.8 Å². The molecule has 0 atom stereocenters. The van der Waals surface area contributed by atoms with Gasteiger partial charge in [0.2, 0.25) is 5.91 Å². The van der Waals surface area contributed by atoms with Gasteiger partial charge in [0.1, 0.15) is 5.69 Å². The largest absolute Gasteiger partial charge is 0.385 e. The number of hydrogen-bond donors (Lipinski definition) is 1. The van der Waals surface area contributed by atoms with Gasteiger partial charge in [-0.2, -0.15) is 0 Å². The van der Waals surface area contributed by atoms with Gasteiger partial charge < -0.3 is 10.1 Å². The highest BCUT2D eigenvalue weighted by molar-refractivity contribution is 7.99. The number of benzene rings is 2. The number of anilines is 1. The van der Waals surface area contributed by atoms with E-state index in [1.54, 1.807) is 38.3 Å². The van der Waals surface area contributed by atoms with Crippen LogP contribution >= 0.6 is 23.4 Å². The summed E-state index contributed by atoms with van der Waals surface area (Å²) in [6.07, 6.45) is 0.590. The van der Waals surface area contributed by atoms with Crippen LogP contribution < -0.4 is 10.9 Å². The number of nitro benzene ring substituents is 1. The van der Waals surface area contributed by atoms with Gasteiger partial charge >= 0.3 is 0 Å². The Balaban J connectivity index is 1.84. The second-order valence-electron chi connectivity index (χ2n) is 6.97. The number of ether oxygens (including phenoxy) is 1. The van der Waals surface area contributed by atoms with Crippen molar-refractivity contribution in [2.45, 2.75) is 25.0 Å². The molecule has 0 aliphatic rings. The molecule has 168 valence electrons. The average Bonchev–Trinajstić information content (AvgIpc) is 2.75. The molecule has 2 aromatic carbocycles. The van der Waals surface area contributed by atoms with E-state index in [0.29, 0.717) is 46.2 Å². The zero-order valence-electron chi connectivity index (χ0n) is 17.5. The first-order valence-corrected chi connectivity index (χ1v) is 11.0. The molecule has 3 aromatic rings. The highest BCUT2D eigenvalue weighted by Gasteiger charge is 2.18. The number of nitrogens with one attached hydrogen (secondary N) is 1. The van der Waals surface area contributed by atoms with Crippen molar-refractivity contribution in [2.24, 2.45) is 0 Å².